The van der Waals surface area contributed by atoms with E-state index in [1.807, 2.05) is 67.8 Å². The van der Waals surface area contributed by atoms with Crippen molar-refractivity contribution in [3.8, 4) is 0 Å². The average molecular weight is 701 g/mol. The minimum Gasteiger partial charge on any atom is -0.743 e. The second kappa shape index (κ2) is 8.67. The number of carbonyl (C=O) groups is 2. The molecular weight excluding hydrogens is 695 g/mol. The Balaban J connectivity index is 2.64. The summed E-state index contributed by atoms with van der Waals surface area (Å²) in [4.78, 5) is 23.1. The first-order chi connectivity index (χ1) is 10.8. The van der Waals surface area contributed by atoms with Crippen LogP contribution in [0.25, 0.3) is 0 Å². The van der Waals surface area contributed by atoms with Gasteiger partial charge in [-0.05, 0) is 79.9 Å². The fourth-order valence-corrected chi connectivity index (χ4v) is 3.76. The van der Waals surface area contributed by atoms with E-state index in [0.29, 0.717) is 3.57 Å². The summed E-state index contributed by atoms with van der Waals surface area (Å²) in [5.74, 6) is -2.29. The number of esters is 2. The molecule has 0 bridgehead atoms. The number of hydrogen-bond acceptors (Lipinski definition) is 7. The van der Waals surface area contributed by atoms with E-state index >= 15 is 0 Å². The highest BCUT2D eigenvalue weighted by Gasteiger charge is 2.39. The molecule has 0 fully saturated rings. The minimum atomic E-state index is -5.96. The van der Waals surface area contributed by atoms with Gasteiger partial charge in [0.2, 0.25) is 0 Å². The van der Waals surface area contributed by atoms with Gasteiger partial charge in [-0.1, -0.05) is 0 Å². The molecule has 0 atom stereocenters. The van der Waals surface area contributed by atoms with Crippen LogP contribution in [0.5, 0.6) is 0 Å². The number of rotatable bonds is 6. The van der Waals surface area contributed by atoms with Crippen molar-refractivity contribution in [3.63, 3.8) is 0 Å². The molecule has 0 N–H and O–H groups in total. The van der Waals surface area contributed by atoms with Crippen LogP contribution in [0.15, 0.2) is 12.1 Å². The van der Waals surface area contributed by atoms with Gasteiger partial charge in [-0.2, -0.15) is 8.78 Å². The van der Waals surface area contributed by atoms with E-state index in [2.05, 4.69) is 9.47 Å². The van der Waals surface area contributed by atoms with Crippen LogP contribution < -0.4 is 0 Å². The monoisotopic (exact) mass is 701 g/mol. The van der Waals surface area contributed by atoms with Gasteiger partial charge in [-0.15, -0.1) is 0 Å². The number of benzene rings is 1. The molecule has 7 nitrogen and oxygen atoms in total. The van der Waals surface area contributed by atoms with Crippen molar-refractivity contribution in [3.05, 3.63) is 28.4 Å². The number of alkyl halides is 2. The zero-order valence-electron chi connectivity index (χ0n) is 11.2. The van der Waals surface area contributed by atoms with Crippen molar-refractivity contribution in [1.82, 2.24) is 0 Å². The van der Waals surface area contributed by atoms with Crippen LogP contribution >= 0.6 is 67.8 Å². The number of hydrogen-bond donors (Lipinski definition) is 0. The minimum absolute atomic E-state index is 0.173. The van der Waals surface area contributed by atoms with Crippen LogP contribution in [0.3, 0.4) is 0 Å². The summed E-state index contributed by atoms with van der Waals surface area (Å²) in [5, 5.41) is -4.76. The predicted octanol–water partition coefficient (Wildman–Crippen LogP) is 2.34. The van der Waals surface area contributed by atoms with Crippen molar-refractivity contribution >= 4 is 89.8 Å². The molecule has 0 radical (unpaired) electrons. The molecule has 0 amide bonds. The quantitative estimate of drug-likeness (QED) is 0.194. The van der Waals surface area contributed by atoms with E-state index in [-0.39, 0.29) is 5.56 Å². The number of carbonyl (C=O) groups excluding carboxylic acids is 2. The maximum Gasteiger partial charge on any atom is 0.367 e. The highest BCUT2D eigenvalue weighted by atomic mass is 127. The normalized spacial score (nSPS) is 11.9. The fourth-order valence-electron chi connectivity index (χ4n) is 1.19. The van der Waals surface area contributed by atoms with Gasteiger partial charge >= 0.3 is 17.2 Å². The molecule has 0 heterocycles. The first-order valence-electron chi connectivity index (χ1n) is 5.65. The van der Waals surface area contributed by atoms with Gasteiger partial charge < -0.3 is 14.0 Å². The Kier molecular flexibility index (Phi) is 8.01. The summed E-state index contributed by atoms with van der Waals surface area (Å²) < 4.78 is 67.0. The van der Waals surface area contributed by atoms with Crippen molar-refractivity contribution < 1.29 is 40.8 Å². The van der Waals surface area contributed by atoms with Gasteiger partial charge in [0.15, 0.2) is 23.3 Å². The Morgan fingerprint density at radius 1 is 1.17 bits per heavy atom. The topological polar surface area (TPSA) is 110 Å². The zero-order valence-corrected chi connectivity index (χ0v) is 18.5. The standard InChI is InChI=1S/C11H7F2I3O7S/c12-11(13,24(19,20)21)4-23-8(17)3-22-10(18)6-1-5(14)2-7(15)9(6)16/h1-2H,3-4H2,(H,19,20,21)/p-1. The molecular formula is C11H6F2I3O7S-. The third kappa shape index (κ3) is 6.13. The smallest absolute Gasteiger partial charge is 0.367 e. The van der Waals surface area contributed by atoms with Crippen LogP contribution in [-0.2, 0) is 24.4 Å². The lowest BCUT2D eigenvalue weighted by Crippen LogP contribution is -2.35. The molecule has 0 aliphatic carbocycles. The van der Waals surface area contributed by atoms with Crippen molar-refractivity contribution in [2.24, 2.45) is 0 Å². The highest BCUT2D eigenvalue weighted by Crippen LogP contribution is 2.23. The third-order valence-corrected chi connectivity index (χ3v) is 6.82. The maximum atomic E-state index is 12.8. The molecule has 0 aliphatic heterocycles. The average Bonchev–Trinajstić information content (AvgIpc) is 2.45. The Hall–Kier alpha value is 0.120. The maximum absolute atomic E-state index is 12.8. The van der Waals surface area contributed by atoms with Crippen LogP contribution in [0, 0.1) is 10.7 Å². The molecule has 1 aromatic rings. The molecule has 13 heteroatoms. The summed E-state index contributed by atoms with van der Waals surface area (Å²) in [5.41, 5.74) is 0.173. The summed E-state index contributed by atoms with van der Waals surface area (Å²) >= 11 is 5.87. The summed E-state index contributed by atoms with van der Waals surface area (Å²) in [6.07, 6.45) is 0. The molecule has 134 valence electrons. The molecule has 0 aliphatic rings. The molecule has 24 heavy (non-hydrogen) atoms. The first kappa shape index (κ1) is 22.2. The highest BCUT2D eigenvalue weighted by molar-refractivity contribution is 14.1. The van der Waals surface area contributed by atoms with Crippen molar-refractivity contribution in [1.29, 1.82) is 0 Å². The van der Waals surface area contributed by atoms with Gasteiger partial charge in [-0.3, -0.25) is 0 Å². The Morgan fingerprint density at radius 3 is 2.29 bits per heavy atom. The Morgan fingerprint density at radius 2 is 1.75 bits per heavy atom. The van der Waals surface area contributed by atoms with E-state index < -0.39 is 40.5 Å². The van der Waals surface area contributed by atoms with Gasteiger partial charge in [0.05, 0.1) is 5.56 Å². The van der Waals surface area contributed by atoms with E-state index in [0.717, 1.165) is 7.14 Å². The lowest BCUT2D eigenvalue weighted by atomic mass is 10.2. The molecule has 0 aromatic heterocycles. The molecule has 0 saturated carbocycles. The van der Waals surface area contributed by atoms with E-state index in [9.17, 15) is 31.3 Å². The fraction of sp³-hybridized carbons (Fsp3) is 0.273. The van der Waals surface area contributed by atoms with Crippen LogP contribution in [-0.4, -0.2) is 43.4 Å². The molecule has 1 rings (SSSR count). The van der Waals surface area contributed by atoms with Crippen LogP contribution in [0.1, 0.15) is 10.4 Å². The van der Waals surface area contributed by atoms with Crippen LogP contribution in [0.2, 0.25) is 0 Å². The summed E-state index contributed by atoms with van der Waals surface area (Å²) in [6, 6.07) is 3.32. The Labute approximate surface area is 176 Å². The number of ether oxygens (including phenoxy) is 2. The molecule has 0 spiro atoms. The van der Waals surface area contributed by atoms with E-state index in [1.54, 1.807) is 6.07 Å². The van der Waals surface area contributed by atoms with Crippen molar-refractivity contribution in [2.75, 3.05) is 13.2 Å². The van der Waals surface area contributed by atoms with Gasteiger partial charge in [0, 0.05) is 10.7 Å². The Bertz CT molecular complexity index is 767. The largest absolute Gasteiger partial charge is 0.743 e. The van der Waals surface area contributed by atoms with Gasteiger partial charge in [0.1, 0.15) is 0 Å². The van der Waals surface area contributed by atoms with E-state index in [4.69, 9.17) is 0 Å². The number of halogens is 5. The third-order valence-electron chi connectivity index (χ3n) is 2.30. The molecule has 0 saturated heterocycles. The first-order valence-corrected chi connectivity index (χ1v) is 10.3. The van der Waals surface area contributed by atoms with Crippen molar-refractivity contribution in [2.45, 2.75) is 5.25 Å². The lowest BCUT2D eigenvalue weighted by Gasteiger charge is -2.19. The second-order valence-electron chi connectivity index (χ2n) is 4.08. The van der Waals surface area contributed by atoms with E-state index in [1.165, 1.54) is 6.07 Å². The molecule has 1 aromatic carbocycles. The predicted molar refractivity (Wildman–Crippen MR) is 100 cm³/mol. The van der Waals surface area contributed by atoms with Crippen LogP contribution in [0.4, 0.5) is 8.78 Å². The van der Waals surface area contributed by atoms with Gasteiger partial charge in [-0.25, -0.2) is 18.0 Å². The molecule has 0 unspecified atom stereocenters. The zero-order chi connectivity index (χ0) is 18.7. The second-order valence-corrected chi connectivity index (χ2v) is 9.07. The lowest BCUT2D eigenvalue weighted by molar-refractivity contribution is -0.153. The SMILES string of the molecule is O=C(COC(=O)c1cc(I)cc(I)c1I)OCC(F)(F)S(=O)(=O)[O-]. The summed E-state index contributed by atoms with van der Waals surface area (Å²) in [6.45, 7) is -2.96. The summed E-state index contributed by atoms with van der Waals surface area (Å²) in [7, 11) is -5.96. The van der Waals surface area contributed by atoms with Gasteiger partial charge in [0.25, 0.3) is 0 Å².